The lowest BCUT2D eigenvalue weighted by atomic mass is 10.0. The fourth-order valence-corrected chi connectivity index (χ4v) is 3.92. The van der Waals surface area contributed by atoms with E-state index in [0.717, 1.165) is 16.9 Å². The van der Waals surface area contributed by atoms with Crippen molar-refractivity contribution in [3.63, 3.8) is 0 Å². The molecule has 25 heavy (non-hydrogen) atoms. The fraction of sp³-hybridized carbons (Fsp3) is 0.0870. The van der Waals surface area contributed by atoms with Crippen molar-refractivity contribution in [1.82, 2.24) is 4.98 Å². The first-order chi connectivity index (χ1) is 12.3. The number of aryl methyl sites for hydroxylation is 1. The van der Waals surface area contributed by atoms with Crippen LogP contribution in [0.25, 0.3) is 32.9 Å². The van der Waals surface area contributed by atoms with Crippen LogP contribution in [0.15, 0.2) is 72.8 Å². The number of hydrogen-bond donors (Lipinski definition) is 0. The third kappa shape index (κ3) is 3.40. The highest BCUT2D eigenvalue weighted by Gasteiger charge is 2.09. The smallest absolute Gasteiger partial charge is 0.125 e. The van der Waals surface area contributed by atoms with Crippen LogP contribution in [0.2, 0.25) is 0 Å². The molecule has 0 amide bonds. The van der Waals surface area contributed by atoms with E-state index in [0.29, 0.717) is 0 Å². The largest absolute Gasteiger partial charge is 0.236 e. The Balaban J connectivity index is 1.80. The Labute approximate surface area is 152 Å². The van der Waals surface area contributed by atoms with Crippen LogP contribution in [-0.4, -0.2) is 4.98 Å². The minimum Gasteiger partial charge on any atom is -0.236 e. The molecule has 0 aliphatic heterocycles. The van der Waals surface area contributed by atoms with E-state index in [9.17, 15) is 0 Å². The molecular weight excluding hydrogens is 322 g/mol. The summed E-state index contributed by atoms with van der Waals surface area (Å²) < 4.78 is 1.23. The molecule has 1 aromatic heterocycles. The molecule has 122 valence electrons. The number of aromatic nitrogens is 1. The van der Waals surface area contributed by atoms with Gasteiger partial charge in [-0.15, -0.1) is 11.3 Å². The first-order valence-electron chi connectivity index (χ1n) is 8.55. The molecule has 0 aliphatic carbocycles. The lowest BCUT2D eigenvalue weighted by Gasteiger charge is -2.06. The maximum absolute atomic E-state index is 4.84. The Morgan fingerprint density at radius 2 is 1.68 bits per heavy atom. The van der Waals surface area contributed by atoms with Crippen molar-refractivity contribution in [1.29, 1.82) is 0 Å². The van der Waals surface area contributed by atoms with Gasteiger partial charge in [0.15, 0.2) is 0 Å². The molecule has 0 spiro atoms. The van der Waals surface area contributed by atoms with E-state index >= 15 is 0 Å². The average molecular weight is 341 g/mol. The number of benzene rings is 3. The van der Waals surface area contributed by atoms with Gasteiger partial charge in [-0.25, -0.2) is 4.98 Å². The molecular formula is C23H19NS. The zero-order valence-electron chi connectivity index (χ0n) is 14.1. The van der Waals surface area contributed by atoms with E-state index in [1.165, 1.54) is 27.0 Å². The summed E-state index contributed by atoms with van der Waals surface area (Å²) in [7, 11) is 0. The quantitative estimate of drug-likeness (QED) is 0.376. The number of rotatable bonds is 4. The van der Waals surface area contributed by atoms with Crippen LogP contribution in [0, 0.1) is 0 Å². The van der Waals surface area contributed by atoms with Gasteiger partial charge in [-0.3, -0.25) is 0 Å². The van der Waals surface area contributed by atoms with Crippen molar-refractivity contribution in [2.24, 2.45) is 0 Å². The van der Waals surface area contributed by atoms with Crippen LogP contribution >= 0.6 is 11.3 Å². The molecule has 0 radical (unpaired) electrons. The Morgan fingerprint density at radius 3 is 2.48 bits per heavy atom. The molecule has 0 saturated heterocycles. The average Bonchev–Trinajstić information content (AvgIpc) is 3.11. The summed E-state index contributed by atoms with van der Waals surface area (Å²) in [4.78, 5) is 4.84. The van der Waals surface area contributed by atoms with Crippen LogP contribution in [0.3, 0.4) is 0 Å². The highest BCUT2D eigenvalue weighted by atomic mass is 32.1. The second kappa shape index (κ2) is 7.04. The van der Waals surface area contributed by atoms with Gasteiger partial charge in [0.1, 0.15) is 5.01 Å². The summed E-state index contributed by atoms with van der Waals surface area (Å²) in [6, 6.07) is 25.4. The molecule has 0 saturated carbocycles. The monoisotopic (exact) mass is 341 g/mol. The number of thiazole rings is 1. The lowest BCUT2D eigenvalue weighted by Crippen LogP contribution is -1.87. The Hall–Kier alpha value is -2.71. The Kier molecular flexibility index (Phi) is 4.45. The maximum atomic E-state index is 4.84. The third-order valence-electron chi connectivity index (χ3n) is 4.30. The number of hydrogen-bond acceptors (Lipinski definition) is 2. The van der Waals surface area contributed by atoms with Gasteiger partial charge in [-0.2, -0.15) is 0 Å². The maximum Gasteiger partial charge on any atom is 0.125 e. The summed E-state index contributed by atoms with van der Waals surface area (Å²) in [5.74, 6) is 0. The second-order valence-electron chi connectivity index (χ2n) is 6.01. The first kappa shape index (κ1) is 15.8. The topological polar surface area (TPSA) is 12.9 Å². The summed E-state index contributed by atoms with van der Waals surface area (Å²) >= 11 is 1.75. The SMILES string of the molecule is CCc1ccc(-c2nc3ccccc3s2)c(C=Cc2ccccc2)c1. The molecule has 0 unspecified atom stereocenters. The molecule has 2 heteroatoms. The molecule has 0 aliphatic rings. The van der Waals surface area contributed by atoms with Gasteiger partial charge in [0.05, 0.1) is 10.2 Å². The highest BCUT2D eigenvalue weighted by molar-refractivity contribution is 7.21. The zero-order chi connectivity index (χ0) is 17.1. The van der Waals surface area contributed by atoms with E-state index in [-0.39, 0.29) is 0 Å². The summed E-state index contributed by atoms with van der Waals surface area (Å²) in [6.45, 7) is 2.19. The number of fused-ring (bicyclic) bond motifs is 1. The van der Waals surface area contributed by atoms with Crippen LogP contribution in [0.5, 0.6) is 0 Å². The Bertz CT molecular complexity index is 995. The molecule has 0 N–H and O–H groups in total. The summed E-state index contributed by atoms with van der Waals surface area (Å²) in [6.07, 6.45) is 5.41. The van der Waals surface area contributed by atoms with Crippen molar-refractivity contribution in [2.45, 2.75) is 13.3 Å². The molecule has 1 heterocycles. The molecule has 0 fully saturated rings. The molecule has 1 nitrogen and oxygen atoms in total. The molecule has 0 bridgehead atoms. The summed E-state index contributed by atoms with van der Waals surface area (Å²) in [5.41, 5.74) is 6.05. The predicted molar refractivity (Wildman–Crippen MR) is 110 cm³/mol. The van der Waals surface area contributed by atoms with Crippen molar-refractivity contribution in [2.75, 3.05) is 0 Å². The van der Waals surface area contributed by atoms with E-state index in [2.05, 4.69) is 79.7 Å². The van der Waals surface area contributed by atoms with Gasteiger partial charge in [-0.1, -0.05) is 79.7 Å². The molecule has 0 atom stereocenters. The highest BCUT2D eigenvalue weighted by Crippen LogP contribution is 2.33. The normalized spacial score (nSPS) is 11.4. The van der Waals surface area contributed by atoms with Crippen molar-refractivity contribution >= 4 is 33.7 Å². The van der Waals surface area contributed by atoms with Crippen LogP contribution < -0.4 is 0 Å². The van der Waals surface area contributed by atoms with Gasteiger partial charge >= 0.3 is 0 Å². The van der Waals surface area contributed by atoms with Crippen molar-refractivity contribution in [3.8, 4) is 10.6 Å². The number of nitrogens with zero attached hydrogens (tertiary/aromatic N) is 1. The van der Waals surface area contributed by atoms with Gasteiger partial charge in [-0.05, 0) is 35.2 Å². The third-order valence-corrected chi connectivity index (χ3v) is 5.37. The molecule has 4 rings (SSSR count). The van der Waals surface area contributed by atoms with Gasteiger partial charge in [0, 0.05) is 5.56 Å². The van der Waals surface area contributed by atoms with Crippen molar-refractivity contribution in [3.05, 3.63) is 89.5 Å². The minimum absolute atomic E-state index is 1.03. The van der Waals surface area contributed by atoms with E-state index in [1.807, 2.05) is 12.1 Å². The lowest BCUT2D eigenvalue weighted by molar-refractivity contribution is 1.14. The standard InChI is InChI=1S/C23H19NS/c1-2-17-13-15-20(23-24-21-10-6-7-11-22(21)25-23)19(16-17)14-12-18-8-4-3-5-9-18/h3-16H,2H2,1H3. The van der Waals surface area contributed by atoms with Gasteiger partial charge < -0.3 is 0 Å². The second-order valence-corrected chi connectivity index (χ2v) is 7.04. The molecule has 4 aromatic rings. The van der Waals surface area contributed by atoms with E-state index in [1.54, 1.807) is 11.3 Å². The van der Waals surface area contributed by atoms with Crippen LogP contribution in [-0.2, 0) is 6.42 Å². The Morgan fingerprint density at radius 1 is 0.880 bits per heavy atom. The van der Waals surface area contributed by atoms with Gasteiger partial charge in [0.25, 0.3) is 0 Å². The predicted octanol–water partition coefficient (Wildman–Crippen LogP) is 6.70. The zero-order valence-corrected chi connectivity index (χ0v) is 15.0. The first-order valence-corrected chi connectivity index (χ1v) is 9.37. The van der Waals surface area contributed by atoms with Crippen LogP contribution in [0.1, 0.15) is 23.6 Å². The van der Waals surface area contributed by atoms with Crippen LogP contribution in [0.4, 0.5) is 0 Å². The minimum atomic E-state index is 1.03. The van der Waals surface area contributed by atoms with Gasteiger partial charge in [0.2, 0.25) is 0 Å². The van der Waals surface area contributed by atoms with E-state index in [4.69, 9.17) is 4.98 Å². The molecule has 3 aromatic carbocycles. The van der Waals surface area contributed by atoms with Crippen molar-refractivity contribution < 1.29 is 0 Å². The summed E-state index contributed by atoms with van der Waals surface area (Å²) in [5, 5.41) is 1.08. The van der Waals surface area contributed by atoms with E-state index < -0.39 is 0 Å². The number of para-hydroxylation sites is 1. The fourth-order valence-electron chi connectivity index (χ4n) is 2.90.